The molecule has 1 saturated heterocycles. The molecule has 1 heterocycles. The molecule has 2 N–H and O–H groups in total. The fourth-order valence-corrected chi connectivity index (χ4v) is 2.76. The maximum absolute atomic E-state index is 12.7. The van der Waals surface area contributed by atoms with E-state index in [1.807, 2.05) is 0 Å². The van der Waals surface area contributed by atoms with Crippen molar-refractivity contribution in [2.75, 3.05) is 13.1 Å². The standard InChI is InChI=1S/C14H16BrF3N2O/c15-12-4-3-9(14(16,17)18)8-11(12)13(21)20-7-5-10-2-1-6-19-10/h3-4,8,10,19H,1-2,5-7H2,(H,20,21)/t10-/m0/s1. The molecule has 1 fully saturated rings. The van der Waals surface area contributed by atoms with E-state index >= 15 is 0 Å². The molecule has 0 bridgehead atoms. The van der Waals surface area contributed by atoms with Gasteiger partial charge in [0.2, 0.25) is 0 Å². The Balaban J connectivity index is 1.97. The highest BCUT2D eigenvalue weighted by atomic mass is 79.9. The van der Waals surface area contributed by atoms with Gasteiger partial charge in [-0.1, -0.05) is 0 Å². The summed E-state index contributed by atoms with van der Waals surface area (Å²) in [6, 6.07) is 3.45. The monoisotopic (exact) mass is 364 g/mol. The molecule has 0 radical (unpaired) electrons. The minimum absolute atomic E-state index is 0.00389. The summed E-state index contributed by atoms with van der Waals surface area (Å²) in [5, 5.41) is 5.97. The summed E-state index contributed by atoms with van der Waals surface area (Å²) in [5.41, 5.74) is -0.822. The lowest BCUT2D eigenvalue weighted by molar-refractivity contribution is -0.137. The molecule has 116 valence electrons. The lowest BCUT2D eigenvalue weighted by Crippen LogP contribution is -2.30. The molecule has 7 heteroatoms. The Hall–Kier alpha value is -1.08. The normalized spacial score (nSPS) is 18.8. The Morgan fingerprint density at radius 3 is 2.81 bits per heavy atom. The van der Waals surface area contributed by atoms with Gasteiger partial charge in [-0.15, -0.1) is 0 Å². The first kappa shape index (κ1) is 16.3. The molecule has 1 amide bonds. The highest BCUT2D eigenvalue weighted by Gasteiger charge is 2.31. The first-order valence-electron chi connectivity index (χ1n) is 6.76. The van der Waals surface area contributed by atoms with Gasteiger partial charge >= 0.3 is 6.18 Å². The van der Waals surface area contributed by atoms with Crippen LogP contribution in [0.4, 0.5) is 13.2 Å². The minimum Gasteiger partial charge on any atom is -0.352 e. The van der Waals surface area contributed by atoms with E-state index in [0.29, 0.717) is 17.1 Å². The van der Waals surface area contributed by atoms with Crippen molar-refractivity contribution in [1.29, 1.82) is 0 Å². The van der Waals surface area contributed by atoms with Gasteiger partial charge in [-0.25, -0.2) is 0 Å². The van der Waals surface area contributed by atoms with Gasteiger partial charge in [0.05, 0.1) is 11.1 Å². The van der Waals surface area contributed by atoms with Crippen LogP contribution < -0.4 is 10.6 Å². The number of hydrogen-bond acceptors (Lipinski definition) is 2. The van der Waals surface area contributed by atoms with Crippen molar-refractivity contribution < 1.29 is 18.0 Å². The lowest BCUT2D eigenvalue weighted by Gasteiger charge is -2.13. The third-order valence-electron chi connectivity index (χ3n) is 3.48. The molecule has 1 aromatic carbocycles. The molecule has 1 atom stereocenters. The molecule has 2 rings (SSSR count). The number of amides is 1. The van der Waals surface area contributed by atoms with Crippen molar-refractivity contribution in [2.24, 2.45) is 0 Å². The summed E-state index contributed by atoms with van der Waals surface area (Å²) in [6.07, 6.45) is -1.48. The highest BCUT2D eigenvalue weighted by Crippen LogP contribution is 2.31. The molecule has 0 spiro atoms. The predicted molar refractivity (Wildman–Crippen MR) is 77.1 cm³/mol. The largest absolute Gasteiger partial charge is 0.416 e. The Kier molecular flexibility index (Phi) is 5.27. The van der Waals surface area contributed by atoms with E-state index in [-0.39, 0.29) is 5.56 Å². The zero-order chi connectivity index (χ0) is 15.5. The average molecular weight is 365 g/mol. The Bertz CT molecular complexity index is 513. The lowest BCUT2D eigenvalue weighted by atomic mass is 10.1. The van der Waals surface area contributed by atoms with Crippen molar-refractivity contribution in [3.05, 3.63) is 33.8 Å². The van der Waals surface area contributed by atoms with Crippen molar-refractivity contribution >= 4 is 21.8 Å². The predicted octanol–water partition coefficient (Wildman–Crippen LogP) is 3.34. The average Bonchev–Trinajstić information content (AvgIpc) is 2.91. The van der Waals surface area contributed by atoms with E-state index in [9.17, 15) is 18.0 Å². The van der Waals surface area contributed by atoms with E-state index in [1.54, 1.807) is 0 Å². The third-order valence-corrected chi connectivity index (χ3v) is 4.17. The minimum atomic E-state index is -4.45. The van der Waals surface area contributed by atoms with Crippen LogP contribution in [0, 0.1) is 0 Å². The number of carbonyl (C=O) groups is 1. The number of nitrogens with one attached hydrogen (secondary N) is 2. The molecule has 0 saturated carbocycles. The fourth-order valence-electron chi connectivity index (χ4n) is 2.33. The van der Waals surface area contributed by atoms with E-state index in [2.05, 4.69) is 26.6 Å². The summed E-state index contributed by atoms with van der Waals surface area (Å²) in [4.78, 5) is 12.0. The van der Waals surface area contributed by atoms with Gasteiger partial charge in [0.15, 0.2) is 0 Å². The third kappa shape index (κ3) is 4.44. The van der Waals surface area contributed by atoms with Crippen LogP contribution in [0.2, 0.25) is 0 Å². The Morgan fingerprint density at radius 2 is 2.19 bits per heavy atom. The van der Waals surface area contributed by atoms with E-state index in [0.717, 1.165) is 37.9 Å². The van der Waals surface area contributed by atoms with Crippen LogP contribution in [0.5, 0.6) is 0 Å². The van der Waals surface area contributed by atoms with Gasteiger partial charge < -0.3 is 10.6 Å². The van der Waals surface area contributed by atoms with E-state index in [1.165, 1.54) is 6.07 Å². The highest BCUT2D eigenvalue weighted by molar-refractivity contribution is 9.10. The smallest absolute Gasteiger partial charge is 0.352 e. The van der Waals surface area contributed by atoms with Crippen LogP contribution in [0.1, 0.15) is 35.2 Å². The zero-order valence-electron chi connectivity index (χ0n) is 11.3. The van der Waals surface area contributed by atoms with Crippen LogP contribution in [0.15, 0.2) is 22.7 Å². The van der Waals surface area contributed by atoms with Crippen LogP contribution in [-0.4, -0.2) is 25.0 Å². The number of benzene rings is 1. The quantitative estimate of drug-likeness (QED) is 0.860. The van der Waals surface area contributed by atoms with Crippen LogP contribution in [0.25, 0.3) is 0 Å². The molecule has 1 aliphatic rings. The summed E-state index contributed by atoms with van der Waals surface area (Å²) in [6.45, 7) is 1.43. The van der Waals surface area contributed by atoms with Gasteiger partial charge in [0.25, 0.3) is 5.91 Å². The Morgan fingerprint density at radius 1 is 1.43 bits per heavy atom. The molecule has 21 heavy (non-hydrogen) atoms. The van der Waals surface area contributed by atoms with Crippen LogP contribution in [-0.2, 0) is 6.18 Å². The van der Waals surface area contributed by atoms with Gasteiger partial charge in [0.1, 0.15) is 0 Å². The van der Waals surface area contributed by atoms with Gasteiger partial charge in [-0.3, -0.25) is 4.79 Å². The number of halogens is 4. The maximum atomic E-state index is 12.7. The topological polar surface area (TPSA) is 41.1 Å². The number of hydrogen-bond donors (Lipinski definition) is 2. The van der Waals surface area contributed by atoms with Gasteiger partial charge in [-0.2, -0.15) is 13.2 Å². The van der Waals surface area contributed by atoms with E-state index in [4.69, 9.17) is 0 Å². The summed E-state index contributed by atoms with van der Waals surface area (Å²) in [5.74, 6) is -0.494. The first-order chi connectivity index (χ1) is 9.88. The summed E-state index contributed by atoms with van der Waals surface area (Å²) < 4.78 is 38.3. The maximum Gasteiger partial charge on any atom is 0.416 e. The Labute approximate surface area is 129 Å². The van der Waals surface area contributed by atoms with Gasteiger partial charge in [-0.05, 0) is 59.9 Å². The number of carbonyl (C=O) groups excluding carboxylic acids is 1. The van der Waals surface area contributed by atoms with Crippen molar-refractivity contribution in [2.45, 2.75) is 31.5 Å². The molecule has 0 unspecified atom stereocenters. The zero-order valence-corrected chi connectivity index (χ0v) is 12.9. The molecule has 1 aromatic rings. The second kappa shape index (κ2) is 6.79. The van der Waals surface area contributed by atoms with Crippen molar-refractivity contribution in [1.82, 2.24) is 10.6 Å². The molecular formula is C14H16BrF3N2O. The fraction of sp³-hybridized carbons (Fsp3) is 0.500. The van der Waals surface area contributed by atoms with Crippen molar-refractivity contribution in [3.63, 3.8) is 0 Å². The summed E-state index contributed by atoms with van der Waals surface area (Å²) in [7, 11) is 0. The van der Waals surface area contributed by atoms with Crippen LogP contribution in [0.3, 0.4) is 0 Å². The van der Waals surface area contributed by atoms with E-state index < -0.39 is 17.6 Å². The first-order valence-corrected chi connectivity index (χ1v) is 7.55. The SMILES string of the molecule is O=C(NCC[C@@H]1CCCN1)c1cc(C(F)(F)F)ccc1Br. The molecule has 3 nitrogen and oxygen atoms in total. The molecule has 1 aliphatic heterocycles. The van der Waals surface area contributed by atoms with Gasteiger partial charge in [0, 0.05) is 17.1 Å². The number of rotatable bonds is 4. The van der Waals surface area contributed by atoms with Crippen LogP contribution >= 0.6 is 15.9 Å². The second-order valence-electron chi connectivity index (χ2n) is 5.03. The number of alkyl halides is 3. The molecule has 0 aliphatic carbocycles. The van der Waals surface area contributed by atoms with Crippen molar-refractivity contribution in [3.8, 4) is 0 Å². The molecular weight excluding hydrogens is 349 g/mol. The summed E-state index contributed by atoms with van der Waals surface area (Å²) >= 11 is 3.12. The second-order valence-corrected chi connectivity index (χ2v) is 5.88. The molecule has 0 aromatic heterocycles.